The van der Waals surface area contributed by atoms with Crippen molar-refractivity contribution in [3.8, 4) is 17.6 Å². The van der Waals surface area contributed by atoms with E-state index in [-0.39, 0.29) is 34.6 Å². The van der Waals surface area contributed by atoms with Gasteiger partial charge in [0.1, 0.15) is 11.6 Å². The first-order chi connectivity index (χ1) is 15.2. The van der Waals surface area contributed by atoms with Crippen molar-refractivity contribution in [3.63, 3.8) is 0 Å². The van der Waals surface area contributed by atoms with Gasteiger partial charge in [-0.3, -0.25) is 14.5 Å². The Balaban J connectivity index is 2.04. The molecule has 1 aromatic carbocycles. The minimum absolute atomic E-state index is 0.0880. The molecule has 3 rings (SSSR count). The maximum absolute atomic E-state index is 13.3. The van der Waals surface area contributed by atoms with Crippen molar-refractivity contribution in [3.05, 3.63) is 40.5 Å². The Morgan fingerprint density at radius 1 is 1.19 bits per heavy atom. The third kappa shape index (κ3) is 4.70. The number of imide groups is 1. The minimum atomic E-state index is -3.33. The molecule has 2 amide bonds. The lowest BCUT2D eigenvalue weighted by Gasteiger charge is -2.31. The van der Waals surface area contributed by atoms with Crippen LogP contribution >= 0.6 is 0 Å². The first-order valence-corrected chi connectivity index (χ1v) is 12.4. The normalized spacial score (nSPS) is 21.8. The maximum atomic E-state index is 13.3. The van der Waals surface area contributed by atoms with E-state index in [0.717, 1.165) is 11.3 Å². The van der Waals surface area contributed by atoms with Gasteiger partial charge >= 0.3 is 0 Å². The summed E-state index contributed by atoms with van der Waals surface area (Å²) < 4.78 is 35.2. The summed E-state index contributed by atoms with van der Waals surface area (Å²) in [4.78, 5) is 27.0. The highest BCUT2D eigenvalue weighted by Crippen LogP contribution is 2.33. The number of carbonyl (C=O) groups is 2. The van der Waals surface area contributed by atoms with Crippen LogP contribution in [0.5, 0.6) is 11.5 Å². The van der Waals surface area contributed by atoms with Crippen LogP contribution in [0.3, 0.4) is 0 Å². The lowest BCUT2D eigenvalue weighted by Crippen LogP contribution is -2.49. The lowest BCUT2D eigenvalue weighted by molar-refractivity contribution is -0.142. The third-order valence-corrected chi connectivity index (χ3v) is 7.14. The summed E-state index contributed by atoms with van der Waals surface area (Å²) in [6, 6.07) is 6.34. The predicted molar refractivity (Wildman–Crippen MR) is 119 cm³/mol. The van der Waals surface area contributed by atoms with Crippen LogP contribution in [-0.2, 0) is 19.4 Å². The number of nitrogens with zero attached hydrogens (tertiary/aromatic N) is 2. The Labute approximate surface area is 188 Å². The molecule has 0 radical (unpaired) electrons. The number of nitriles is 1. The quantitative estimate of drug-likeness (QED) is 0.456. The Morgan fingerprint density at radius 3 is 2.53 bits per heavy atom. The maximum Gasteiger partial charge on any atom is 0.271 e. The number of sulfone groups is 1. The summed E-state index contributed by atoms with van der Waals surface area (Å²) in [6.45, 7) is 6.36. The molecule has 0 bridgehead atoms. The second kappa shape index (κ2) is 9.57. The molecule has 2 aliphatic heterocycles. The number of carbonyl (C=O) groups excluding carboxylic acids is 2. The summed E-state index contributed by atoms with van der Waals surface area (Å²) in [5.74, 6) is -0.604. The molecule has 0 spiro atoms. The number of benzene rings is 1. The molecule has 0 aliphatic carbocycles. The van der Waals surface area contributed by atoms with Gasteiger partial charge in [0.25, 0.3) is 11.8 Å². The van der Waals surface area contributed by atoms with Crippen LogP contribution in [0, 0.1) is 11.3 Å². The summed E-state index contributed by atoms with van der Waals surface area (Å²) in [5, 5.41) is 9.55. The Bertz CT molecular complexity index is 1140. The lowest BCUT2D eigenvalue weighted by atomic mass is 9.92. The van der Waals surface area contributed by atoms with E-state index in [2.05, 4.69) is 0 Å². The second-order valence-corrected chi connectivity index (χ2v) is 9.92. The number of rotatable bonds is 7. The number of ether oxygens (including phenoxy) is 2. The van der Waals surface area contributed by atoms with Gasteiger partial charge in [-0.2, -0.15) is 5.26 Å². The molecule has 8 nitrogen and oxygen atoms in total. The van der Waals surface area contributed by atoms with Gasteiger partial charge in [0, 0.05) is 5.57 Å². The monoisotopic (exact) mass is 458 g/mol. The van der Waals surface area contributed by atoms with Crippen molar-refractivity contribution in [2.24, 2.45) is 0 Å². The van der Waals surface area contributed by atoms with E-state index >= 15 is 0 Å². The molecule has 0 unspecified atom stereocenters. The highest BCUT2D eigenvalue weighted by molar-refractivity contribution is 7.91. The Kier molecular flexibility index (Phi) is 7.04. The van der Waals surface area contributed by atoms with E-state index in [9.17, 15) is 23.3 Å². The van der Waals surface area contributed by atoms with Crippen LogP contribution in [0.2, 0.25) is 0 Å². The molecule has 2 aliphatic rings. The van der Waals surface area contributed by atoms with Crippen LogP contribution in [-0.4, -0.2) is 55.9 Å². The number of amides is 2. The van der Waals surface area contributed by atoms with E-state index in [1.165, 1.54) is 0 Å². The molecule has 0 aromatic heterocycles. The fourth-order valence-electron chi connectivity index (χ4n) is 3.79. The smallest absolute Gasteiger partial charge is 0.271 e. The van der Waals surface area contributed by atoms with Gasteiger partial charge in [-0.05, 0) is 56.0 Å². The second-order valence-electron chi connectivity index (χ2n) is 7.69. The van der Waals surface area contributed by atoms with E-state index in [4.69, 9.17) is 9.47 Å². The largest absolute Gasteiger partial charge is 0.490 e. The fourth-order valence-corrected chi connectivity index (χ4v) is 5.49. The van der Waals surface area contributed by atoms with Gasteiger partial charge < -0.3 is 9.47 Å². The van der Waals surface area contributed by atoms with Crippen molar-refractivity contribution in [1.82, 2.24) is 4.90 Å². The molecule has 9 heteroatoms. The highest BCUT2D eigenvalue weighted by Gasteiger charge is 2.43. The zero-order chi connectivity index (χ0) is 23.5. The topological polar surface area (TPSA) is 114 Å². The first kappa shape index (κ1) is 23.5. The average Bonchev–Trinajstić information content (AvgIpc) is 3.10. The van der Waals surface area contributed by atoms with Crippen molar-refractivity contribution in [1.29, 1.82) is 5.26 Å². The first-order valence-electron chi connectivity index (χ1n) is 10.5. The van der Waals surface area contributed by atoms with Crippen molar-refractivity contribution in [2.75, 3.05) is 24.7 Å². The summed E-state index contributed by atoms with van der Waals surface area (Å²) >= 11 is 0. The highest BCUT2D eigenvalue weighted by atomic mass is 32.2. The molecule has 1 fully saturated rings. The van der Waals surface area contributed by atoms with Crippen LogP contribution in [0.4, 0.5) is 0 Å². The van der Waals surface area contributed by atoms with Gasteiger partial charge in [0.2, 0.25) is 0 Å². The van der Waals surface area contributed by atoms with Gasteiger partial charge in [0.05, 0.1) is 30.8 Å². The SMILES string of the molecule is CCCOc1ccc(/C=C2/C(=O)N([C@H]3CCS(=O)(=O)C3)C(=O)C(C#N)=C2C)cc1OCC. The molecule has 1 aromatic rings. The average molecular weight is 459 g/mol. The van der Waals surface area contributed by atoms with Gasteiger partial charge in [-0.15, -0.1) is 0 Å². The van der Waals surface area contributed by atoms with Gasteiger partial charge in [-0.1, -0.05) is 13.0 Å². The summed E-state index contributed by atoms with van der Waals surface area (Å²) in [6.07, 6.45) is 2.60. The van der Waals surface area contributed by atoms with E-state index < -0.39 is 27.7 Å². The molecule has 0 N–H and O–H groups in total. The summed E-state index contributed by atoms with van der Waals surface area (Å²) in [5.41, 5.74) is 0.915. The Morgan fingerprint density at radius 2 is 1.94 bits per heavy atom. The van der Waals surface area contributed by atoms with E-state index in [0.29, 0.717) is 30.3 Å². The molecule has 32 heavy (non-hydrogen) atoms. The third-order valence-electron chi connectivity index (χ3n) is 5.39. The molecule has 0 saturated carbocycles. The van der Waals surface area contributed by atoms with Gasteiger partial charge in [0.15, 0.2) is 21.3 Å². The Hall–Kier alpha value is -3.12. The molecule has 2 heterocycles. The van der Waals surface area contributed by atoms with Crippen molar-refractivity contribution in [2.45, 2.75) is 39.7 Å². The van der Waals surface area contributed by atoms with Crippen LogP contribution in [0.25, 0.3) is 6.08 Å². The van der Waals surface area contributed by atoms with E-state index in [1.807, 2.05) is 19.9 Å². The molecular weight excluding hydrogens is 432 g/mol. The fraction of sp³-hybridized carbons (Fsp3) is 0.435. The predicted octanol–water partition coefficient (Wildman–Crippen LogP) is 2.65. The molecule has 1 saturated heterocycles. The number of hydrogen-bond donors (Lipinski definition) is 0. The van der Waals surface area contributed by atoms with Crippen molar-refractivity contribution >= 4 is 27.7 Å². The van der Waals surface area contributed by atoms with Crippen LogP contribution < -0.4 is 9.47 Å². The van der Waals surface area contributed by atoms with Gasteiger partial charge in [-0.25, -0.2) is 8.42 Å². The summed E-state index contributed by atoms with van der Waals surface area (Å²) in [7, 11) is -3.33. The minimum Gasteiger partial charge on any atom is -0.490 e. The zero-order valence-electron chi connectivity index (χ0n) is 18.4. The van der Waals surface area contributed by atoms with Crippen LogP contribution in [0.15, 0.2) is 34.9 Å². The molecular formula is C23H26N2O6S. The number of hydrogen-bond acceptors (Lipinski definition) is 7. The van der Waals surface area contributed by atoms with Crippen molar-refractivity contribution < 1.29 is 27.5 Å². The standard InChI is InChI=1S/C23H26N2O6S/c1-4-9-31-20-7-6-16(12-21(20)30-5-2)11-18-15(3)19(13-24)23(27)25(22(18)26)17-8-10-32(28,29)14-17/h6-7,11-12,17H,4-5,8-10,14H2,1-3H3/b18-11+/t17-/m0/s1. The molecule has 1 atom stereocenters. The van der Waals surface area contributed by atoms with E-state index in [1.54, 1.807) is 31.2 Å². The zero-order valence-corrected chi connectivity index (χ0v) is 19.2. The van der Waals surface area contributed by atoms with Crippen LogP contribution in [0.1, 0.15) is 39.2 Å². The molecule has 170 valence electrons.